The second-order valence-corrected chi connectivity index (χ2v) is 7.65. The van der Waals surface area contributed by atoms with Gasteiger partial charge in [-0.2, -0.15) is 0 Å². The molecule has 2 rings (SSSR count). The van der Waals surface area contributed by atoms with Gasteiger partial charge in [-0.05, 0) is 32.2 Å². The highest BCUT2D eigenvalue weighted by molar-refractivity contribution is 8.00. The Morgan fingerprint density at radius 3 is 2.85 bits per heavy atom. The predicted molar refractivity (Wildman–Crippen MR) is 81.7 cm³/mol. The Hall–Kier alpha value is -1.01. The molecule has 0 radical (unpaired) electrons. The first-order valence-electron chi connectivity index (χ1n) is 6.53. The summed E-state index contributed by atoms with van der Waals surface area (Å²) in [7, 11) is 0. The van der Waals surface area contributed by atoms with Crippen LogP contribution >= 0.6 is 23.1 Å². The molecule has 6 heteroatoms. The molecule has 1 aromatic heterocycles. The van der Waals surface area contributed by atoms with Gasteiger partial charge in [0.05, 0.1) is 12.2 Å². The highest BCUT2D eigenvalue weighted by Crippen LogP contribution is 2.40. The standard InChI is InChI=1S/C14H19NO3S2/c1-14(2,3)18-12(17)6-7-15-11(16)9-20-13(15)10-5-4-8-19-10/h4-5,8,13H,6-7,9H2,1-3H3. The van der Waals surface area contributed by atoms with Crippen LogP contribution in [0.1, 0.15) is 37.4 Å². The summed E-state index contributed by atoms with van der Waals surface area (Å²) in [6.07, 6.45) is 0.242. The van der Waals surface area contributed by atoms with Gasteiger partial charge in [-0.15, -0.1) is 23.1 Å². The average molecular weight is 313 g/mol. The van der Waals surface area contributed by atoms with E-state index in [1.807, 2.05) is 38.3 Å². The molecule has 0 spiro atoms. The molecule has 1 aliphatic heterocycles. The van der Waals surface area contributed by atoms with Crippen LogP contribution in [0.3, 0.4) is 0 Å². The maximum Gasteiger partial charge on any atom is 0.308 e. The van der Waals surface area contributed by atoms with E-state index >= 15 is 0 Å². The maximum atomic E-state index is 11.9. The molecule has 1 fully saturated rings. The molecule has 110 valence electrons. The zero-order valence-electron chi connectivity index (χ0n) is 11.9. The summed E-state index contributed by atoms with van der Waals surface area (Å²) in [6.45, 7) is 5.95. The lowest BCUT2D eigenvalue weighted by atomic mass is 10.2. The van der Waals surface area contributed by atoms with E-state index in [0.717, 1.165) is 4.88 Å². The first-order valence-corrected chi connectivity index (χ1v) is 8.46. The largest absolute Gasteiger partial charge is 0.460 e. The first kappa shape index (κ1) is 15.4. The SMILES string of the molecule is CC(C)(C)OC(=O)CCN1C(=O)CSC1c1cccs1. The van der Waals surface area contributed by atoms with Crippen LogP contribution in [0.2, 0.25) is 0 Å². The zero-order chi connectivity index (χ0) is 14.8. The smallest absolute Gasteiger partial charge is 0.308 e. The molecular formula is C14H19NO3S2. The van der Waals surface area contributed by atoms with E-state index in [4.69, 9.17) is 4.74 Å². The van der Waals surface area contributed by atoms with Gasteiger partial charge < -0.3 is 9.64 Å². The van der Waals surface area contributed by atoms with E-state index in [2.05, 4.69) is 0 Å². The minimum atomic E-state index is -0.478. The van der Waals surface area contributed by atoms with Crippen molar-refractivity contribution in [2.24, 2.45) is 0 Å². The number of thioether (sulfide) groups is 1. The first-order chi connectivity index (χ1) is 9.37. The normalized spacial score (nSPS) is 19.4. The van der Waals surface area contributed by atoms with Gasteiger partial charge in [0.15, 0.2) is 0 Å². The molecule has 1 aromatic rings. The second-order valence-electron chi connectivity index (χ2n) is 5.60. The number of thiophene rings is 1. The van der Waals surface area contributed by atoms with E-state index < -0.39 is 5.60 Å². The van der Waals surface area contributed by atoms with Gasteiger partial charge in [0.1, 0.15) is 11.0 Å². The lowest BCUT2D eigenvalue weighted by Gasteiger charge is -2.24. The van der Waals surface area contributed by atoms with Crippen molar-refractivity contribution in [1.29, 1.82) is 0 Å². The van der Waals surface area contributed by atoms with Gasteiger partial charge in [0.25, 0.3) is 0 Å². The fourth-order valence-electron chi connectivity index (χ4n) is 1.97. The number of esters is 1. The van der Waals surface area contributed by atoms with E-state index in [1.165, 1.54) is 0 Å². The Morgan fingerprint density at radius 1 is 1.50 bits per heavy atom. The van der Waals surface area contributed by atoms with Crippen molar-refractivity contribution < 1.29 is 14.3 Å². The third-order valence-electron chi connectivity index (χ3n) is 2.73. The molecule has 1 unspecified atom stereocenters. The number of hydrogen-bond donors (Lipinski definition) is 0. The van der Waals surface area contributed by atoms with Crippen LogP contribution in [-0.4, -0.2) is 34.7 Å². The highest BCUT2D eigenvalue weighted by Gasteiger charge is 2.33. The van der Waals surface area contributed by atoms with Crippen molar-refractivity contribution in [3.8, 4) is 0 Å². The van der Waals surface area contributed by atoms with Crippen molar-refractivity contribution >= 4 is 35.0 Å². The topological polar surface area (TPSA) is 46.6 Å². The Balaban J connectivity index is 1.93. The molecule has 1 amide bonds. The van der Waals surface area contributed by atoms with Crippen LogP contribution in [0.4, 0.5) is 0 Å². The molecule has 1 saturated heterocycles. The summed E-state index contributed by atoms with van der Waals surface area (Å²) in [5.74, 6) is 0.320. The van der Waals surface area contributed by atoms with Crippen LogP contribution in [0.25, 0.3) is 0 Å². The summed E-state index contributed by atoms with van der Waals surface area (Å²) < 4.78 is 5.28. The molecule has 20 heavy (non-hydrogen) atoms. The molecule has 0 N–H and O–H groups in total. The number of hydrogen-bond acceptors (Lipinski definition) is 5. The molecule has 0 bridgehead atoms. The van der Waals surface area contributed by atoms with Gasteiger partial charge in [-0.3, -0.25) is 9.59 Å². The molecule has 0 saturated carbocycles. The van der Waals surface area contributed by atoms with Crippen LogP contribution in [0, 0.1) is 0 Å². The van der Waals surface area contributed by atoms with Crippen LogP contribution in [0.15, 0.2) is 17.5 Å². The Kier molecular flexibility index (Phi) is 4.75. The van der Waals surface area contributed by atoms with Gasteiger partial charge in [0, 0.05) is 11.4 Å². The summed E-state index contributed by atoms with van der Waals surface area (Å²) in [5, 5.41) is 2.05. The van der Waals surface area contributed by atoms with E-state index in [0.29, 0.717) is 12.3 Å². The van der Waals surface area contributed by atoms with Crippen molar-refractivity contribution in [1.82, 2.24) is 4.90 Å². The van der Waals surface area contributed by atoms with Gasteiger partial charge in [0.2, 0.25) is 5.91 Å². The minimum Gasteiger partial charge on any atom is -0.460 e. The Bertz CT molecular complexity index is 479. The zero-order valence-corrected chi connectivity index (χ0v) is 13.6. The van der Waals surface area contributed by atoms with Gasteiger partial charge in [-0.1, -0.05) is 6.07 Å². The lowest BCUT2D eigenvalue weighted by molar-refractivity contribution is -0.155. The molecule has 4 nitrogen and oxygen atoms in total. The quantitative estimate of drug-likeness (QED) is 0.802. The van der Waals surface area contributed by atoms with E-state index in [9.17, 15) is 9.59 Å². The fourth-order valence-corrected chi connectivity index (χ4v) is 4.17. The number of amides is 1. The predicted octanol–water partition coefficient (Wildman–Crippen LogP) is 3.05. The summed E-state index contributed by atoms with van der Waals surface area (Å²) >= 11 is 3.26. The van der Waals surface area contributed by atoms with E-state index in [1.54, 1.807) is 28.0 Å². The Labute approximate surface area is 127 Å². The number of rotatable bonds is 4. The number of carbonyl (C=O) groups is 2. The Morgan fingerprint density at radius 2 is 2.25 bits per heavy atom. The fraction of sp³-hybridized carbons (Fsp3) is 0.571. The summed E-state index contributed by atoms with van der Waals surface area (Å²) in [4.78, 5) is 26.6. The van der Waals surface area contributed by atoms with E-state index in [-0.39, 0.29) is 23.7 Å². The third kappa shape index (κ3) is 3.99. The monoisotopic (exact) mass is 313 g/mol. The average Bonchev–Trinajstić information content (AvgIpc) is 2.93. The van der Waals surface area contributed by atoms with Crippen LogP contribution in [0.5, 0.6) is 0 Å². The molecule has 1 aliphatic rings. The number of ether oxygens (including phenoxy) is 1. The van der Waals surface area contributed by atoms with Crippen molar-refractivity contribution in [2.75, 3.05) is 12.3 Å². The highest BCUT2D eigenvalue weighted by atomic mass is 32.2. The molecular weight excluding hydrogens is 294 g/mol. The van der Waals surface area contributed by atoms with Gasteiger partial charge in [-0.25, -0.2) is 0 Å². The van der Waals surface area contributed by atoms with Gasteiger partial charge >= 0.3 is 5.97 Å². The summed E-state index contributed by atoms with van der Waals surface area (Å²) in [6, 6.07) is 4.01. The van der Waals surface area contributed by atoms with Crippen LogP contribution in [-0.2, 0) is 14.3 Å². The van der Waals surface area contributed by atoms with Crippen molar-refractivity contribution in [3.05, 3.63) is 22.4 Å². The molecule has 0 aromatic carbocycles. The lowest BCUT2D eigenvalue weighted by Crippen LogP contribution is -2.32. The third-order valence-corrected chi connectivity index (χ3v) is 5.04. The number of carbonyl (C=O) groups excluding carboxylic acids is 2. The van der Waals surface area contributed by atoms with Crippen LogP contribution < -0.4 is 0 Å². The van der Waals surface area contributed by atoms with Crippen molar-refractivity contribution in [3.63, 3.8) is 0 Å². The maximum absolute atomic E-state index is 11.9. The molecule has 2 heterocycles. The minimum absolute atomic E-state index is 0.0462. The number of nitrogens with zero attached hydrogens (tertiary/aromatic N) is 1. The molecule has 0 aliphatic carbocycles. The second kappa shape index (κ2) is 6.18. The molecule has 1 atom stereocenters. The van der Waals surface area contributed by atoms with Crippen molar-refractivity contribution in [2.45, 2.75) is 38.2 Å². The summed E-state index contributed by atoms with van der Waals surface area (Å²) in [5.41, 5.74) is -0.478.